The number of halogens is 1. The third-order valence-corrected chi connectivity index (χ3v) is 6.82. The molecule has 0 spiro atoms. The van der Waals surface area contributed by atoms with Crippen molar-refractivity contribution < 1.29 is 19.0 Å². The Balaban J connectivity index is 1.91. The van der Waals surface area contributed by atoms with Gasteiger partial charge in [-0.15, -0.1) is 0 Å². The van der Waals surface area contributed by atoms with Crippen molar-refractivity contribution in [1.82, 2.24) is 4.57 Å². The fraction of sp³-hybridized carbons (Fsp3) is 0.240. The number of esters is 1. The number of hydrogen-bond donors (Lipinski definition) is 0. The van der Waals surface area contributed by atoms with Gasteiger partial charge < -0.3 is 14.2 Å². The second kappa shape index (κ2) is 10.6. The third kappa shape index (κ3) is 4.80. The fourth-order valence-electron chi connectivity index (χ4n) is 3.74. The van der Waals surface area contributed by atoms with E-state index in [4.69, 9.17) is 14.2 Å². The Bertz CT molecular complexity index is 1440. The maximum absolute atomic E-state index is 13.6. The van der Waals surface area contributed by atoms with Crippen LogP contribution in [0.2, 0.25) is 0 Å². The van der Waals surface area contributed by atoms with E-state index >= 15 is 0 Å². The number of thiazole rings is 1. The summed E-state index contributed by atoms with van der Waals surface area (Å²) in [6.07, 6.45) is 3.32. The lowest BCUT2D eigenvalue weighted by molar-refractivity contribution is -0.136. The van der Waals surface area contributed by atoms with Gasteiger partial charge in [-0.25, -0.2) is 9.79 Å². The Morgan fingerprint density at radius 3 is 2.62 bits per heavy atom. The first kappa shape index (κ1) is 24.2. The number of rotatable bonds is 7. The molecule has 176 valence electrons. The number of fused-ring (bicyclic) bond motifs is 1. The van der Waals surface area contributed by atoms with Crippen LogP contribution in [0.25, 0.3) is 6.08 Å². The minimum Gasteiger partial charge on any atom is -0.490 e. The lowest BCUT2D eigenvalue weighted by Crippen LogP contribution is -2.39. The van der Waals surface area contributed by atoms with Crippen LogP contribution >= 0.6 is 33.9 Å². The van der Waals surface area contributed by atoms with E-state index in [0.717, 1.165) is 9.13 Å². The van der Waals surface area contributed by atoms with Crippen LogP contribution in [0.1, 0.15) is 31.0 Å². The van der Waals surface area contributed by atoms with Gasteiger partial charge in [0.15, 0.2) is 16.3 Å². The molecule has 1 atom stereocenters. The normalized spacial score (nSPS) is 15.2. The number of hydrogen-bond acceptors (Lipinski definition) is 7. The molecule has 0 saturated heterocycles. The highest BCUT2D eigenvalue weighted by Gasteiger charge is 2.31. The van der Waals surface area contributed by atoms with Crippen molar-refractivity contribution in [2.24, 2.45) is 4.99 Å². The van der Waals surface area contributed by atoms with Crippen molar-refractivity contribution in [3.05, 3.63) is 88.6 Å². The predicted molar refractivity (Wildman–Crippen MR) is 139 cm³/mol. The van der Waals surface area contributed by atoms with Gasteiger partial charge in [-0.1, -0.05) is 29.5 Å². The predicted octanol–water partition coefficient (Wildman–Crippen LogP) is 3.42. The van der Waals surface area contributed by atoms with E-state index in [1.165, 1.54) is 24.6 Å². The average Bonchev–Trinajstić information content (AvgIpc) is 3.14. The molecule has 9 heteroatoms. The summed E-state index contributed by atoms with van der Waals surface area (Å²) >= 11 is 3.52. The van der Waals surface area contributed by atoms with Gasteiger partial charge in [0.25, 0.3) is 5.56 Å². The van der Waals surface area contributed by atoms with Gasteiger partial charge in [0.05, 0.1) is 36.5 Å². The first-order valence-electron chi connectivity index (χ1n) is 10.7. The largest absolute Gasteiger partial charge is 0.490 e. The van der Waals surface area contributed by atoms with Crippen molar-refractivity contribution in [3.63, 3.8) is 0 Å². The molecule has 0 radical (unpaired) electrons. The summed E-state index contributed by atoms with van der Waals surface area (Å²) < 4.78 is 19.6. The van der Waals surface area contributed by atoms with Gasteiger partial charge in [-0.3, -0.25) is 9.36 Å². The molecule has 0 bridgehead atoms. The van der Waals surface area contributed by atoms with Gasteiger partial charge >= 0.3 is 5.97 Å². The van der Waals surface area contributed by atoms with E-state index in [2.05, 4.69) is 27.6 Å². The summed E-state index contributed by atoms with van der Waals surface area (Å²) in [5, 5.41) is 0. The smallest absolute Gasteiger partial charge is 0.337 e. The van der Waals surface area contributed by atoms with Crippen LogP contribution in [-0.4, -0.2) is 30.9 Å². The maximum Gasteiger partial charge on any atom is 0.337 e. The zero-order valence-electron chi connectivity index (χ0n) is 18.9. The molecular formula is C25H23IN2O5S. The van der Waals surface area contributed by atoms with Crippen LogP contribution in [0.5, 0.6) is 11.5 Å². The first-order chi connectivity index (χ1) is 16.5. The Morgan fingerprint density at radius 1 is 1.15 bits per heavy atom. The van der Waals surface area contributed by atoms with Crippen molar-refractivity contribution in [3.8, 4) is 11.5 Å². The highest BCUT2D eigenvalue weighted by Crippen LogP contribution is 2.35. The molecule has 0 N–H and O–H groups in total. The topological polar surface area (TPSA) is 79.1 Å². The van der Waals surface area contributed by atoms with Gasteiger partial charge in [-0.05, 0) is 77.9 Å². The van der Waals surface area contributed by atoms with E-state index in [-0.39, 0.29) is 11.1 Å². The van der Waals surface area contributed by atoms with Crippen LogP contribution in [0.3, 0.4) is 0 Å². The lowest BCUT2D eigenvalue weighted by atomic mass is 9.97. The van der Waals surface area contributed by atoms with Gasteiger partial charge in [0, 0.05) is 9.77 Å². The summed E-state index contributed by atoms with van der Waals surface area (Å²) in [7, 11) is 1.31. The molecule has 1 aliphatic rings. The molecule has 7 nitrogen and oxygen atoms in total. The van der Waals surface area contributed by atoms with Crippen LogP contribution in [0.15, 0.2) is 64.0 Å². The second-order valence-corrected chi connectivity index (χ2v) is 9.56. The van der Waals surface area contributed by atoms with Crippen LogP contribution in [0.4, 0.5) is 0 Å². The SMILES string of the molecule is CCOc1ccc([C@@H]2C(C(=O)OC)=CN=c3s/c(=C\c4cccc(I)c4)c(=O)n32)cc1OCC. The van der Waals surface area contributed by atoms with Crippen LogP contribution < -0.4 is 24.4 Å². The van der Waals surface area contributed by atoms with Crippen molar-refractivity contribution in [1.29, 1.82) is 0 Å². The maximum atomic E-state index is 13.6. The standard InChI is InChI=1S/C25H23IN2O5S/c1-4-32-19-10-9-16(13-20(19)33-5-2)22-18(24(30)31-3)14-27-25-28(22)23(29)21(34-25)12-15-7-6-8-17(26)11-15/h6-14,22H,4-5H2,1-3H3/b21-12-/t22-/m1/s1. The highest BCUT2D eigenvalue weighted by atomic mass is 127. The molecular weight excluding hydrogens is 567 g/mol. The minimum atomic E-state index is -0.711. The van der Waals surface area contributed by atoms with Crippen LogP contribution in [-0.2, 0) is 9.53 Å². The van der Waals surface area contributed by atoms with E-state index in [0.29, 0.717) is 39.6 Å². The molecule has 2 heterocycles. The number of carbonyl (C=O) groups excluding carboxylic acids is 1. The number of benzene rings is 2. The number of methoxy groups -OCH3 is 1. The summed E-state index contributed by atoms with van der Waals surface area (Å²) in [5.41, 5.74) is 1.65. The second-order valence-electron chi connectivity index (χ2n) is 7.30. The van der Waals surface area contributed by atoms with E-state index < -0.39 is 12.0 Å². The molecule has 0 fully saturated rings. The highest BCUT2D eigenvalue weighted by molar-refractivity contribution is 14.1. The minimum absolute atomic E-state index is 0.228. The summed E-state index contributed by atoms with van der Waals surface area (Å²) in [6.45, 7) is 4.71. The Labute approximate surface area is 214 Å². The summed E-state index contributed by atoms with van der Waals surface area (Å²) in [6, 6.07) is 12.6. The van der Waals surface area contributed by atoms with E-state index in [1.807, 2.05) is 50.3 Å². The fourth-order valence-corrected chi connectivity index (χ4v) is 5.27. The number of carbonyl (C=O) groups is 1. The Kier molecular flexibility index (Phi) is 7.52. The Hall–Kier alpha value is -2.92. The molecule has 4 rings (SSSR count). The molecule has 0 amide bonds. The monoisotopic (exact) mass is 590 g/mol. The van der Waals surface area contributed by atoms with Crippen molar-refractivity contribution in [2.45, 2.75) is 19.9 Å². The zero-order valence-corrected chi connectivity index (χ0v) is 21.9. The molecule has 2 aromatic carbocycles. The zero-order chi connectivity index (χ0) is 24.2. The molecule has 0 aliphatic carbocycles. The number of ether oxygens (including phenoxy) is 3. The molecule has 34 heavy (non-hydrogen) atoms. The molecule has 0 saturated carbocycles. The van der Waals surface area contributed by atoms with Gasteiger partial charge in [-0.2, -0.15) is 0 Å². The summed E-state index contributed by atoms with van der Waals surface area (Å²) in [4.78, 5) is 31.1. The third-order valence-electron chi connectivity index (χ3n) is 5.15. The van der Waals surface area contributed by atoms with Gasteiger partial charge in [0.1, 0.15) is 0 Å². The Morgan fingerprint density at radius 2 is 1.91 bits per heavy atom. The van der Waals surface area contributed by atoms with E-state index in [1.54, 1.807) is 16.7 Å². The summed E-state index contributed by atoms with van der Waals surface area (Å²) in [5.74, 6) is 0.597. The number of nitrogens with zero attached hydrogens (tertiary/aromatic N) is 2. The van der Waals surface area contributed by atoms with E-state index in [9.17, 15) is 9.59 Å². The average molecular weight is 590 g/mol. The number of aromatic nitrogens is 1. The van der Waals surface area contributed by atoms with Crippen LogP contribution in [0, 0.1) is 3.57 Å². The quantitative estimate of drug-likeness (QED) is 0.312. The molecule has 1 aromatic heterocycles. The van der Waals surface area contributed by atoms with Crippen molar-refractivity contribution in [2.75, 3.05) is 20.3 Å². The van der Waals surface area contributed by atoms with Crippen molar-refractivity contribution >= 4 is 46.0 Å². The lowest BCUT2D eigenvalue weighted by Gasteiger charge is -2.23. The molecule has 1 aliphatic heterocycles. The molecule has 3 aromatic rings. The first-order valence-corrected chi connectivity index (χ1v) is 12.6. The van der Waals surface area contributed by atoms with Gasteiger partial charge in [0.2, 0.25) is 0 Å². The molecule has 0 unspecified atom stereocenters.